The molecule has 0 bridgehead atoms. The number of hydrogen-bond acceptors (Lipinski definition) is 3. The van der Waals surface area contributed by atoms with Crippen LogP contribution in [0.4, 0.5) is 0 Å². The molecule has 0 aliphatic heterocycles. The van der Waals surface area contributed by atoms with Crippen molar-refractivity contribution in [2.75, 3.05) is 20.6 Å². The summed E-state index contributed by atoms with van der Waals surface area (Å²) in [5.41, 5.74) is 0.541. The molecule has 0 saturated carbocycles. The molecule has 0 heterocycles. The lowest BCUT2D eigenvalue weighted by Crippen LogP contribution is -2.37. The van der Waals surface area contributed by atoms with Gasteiger partial charge in [-0.05, 0) is 34.1 Å². The predicted molar refractivity (Wildman–Crippen MR) is 81.6 cm³/mol. The number of nitrogens with zero attached hydrogens (tertiary/aromatic N) is 1. The third-order valence-electron chi connectivity index (χ3n) is 2.77. The maximum Gasteiger partial charge on any atom is 0.254 e. The van der Waals surface area contributed by atoms with Gasteiger partial charge in [0, 0.05) is 30.0 Å². The summed E-state index contributed by atoms with van der Waals surface area (Å²) < 4.78 is 0.717. The molecule has 1 aromatic rings. The van der Waals surface area contributed by atoms with E-state index in [4.69, 9.17) is 0 Å². The van der Waals surface area contributed by atoms with Crippen molar-refractivity contribution in [2.45, 2.75) is 11.8 Å². The molecule has 4 nitrogen and oxygen atoms in total. The van der Waals surface area contributed by atoms with E-state index in [1.54, 1.807) is 39.2 Å². The Labute approximate surface area is 127 Å². The highest BCUT2D eigenvalue weighted by Gasteiger charge is 2.20. The van der Waals surface area contributed by atoms with Crippen molar-refractivity contribution in [3.8, 4) is 0 Å². The second kappa shape index (κ2) is 6.96. The van der Waals surface area contributed by atoms with Crippen LogP contribution in [0.2, 0.25) is 0 Å². The van der Waals surface area contributed by atoms with E-state index in [9.17, 15) is 9.59 Å². The molecule has 1 atom stereocenters. The summed E-state index contributed by atoms with van der Waals surface area (Å²) in [5, 5.41) is 2.57. The van der Waals surface area contributed by atoms with Crippen LogP contribution < -0.4 is 5.32 Å². The van der Waals surface area contributed by atoms with Crippen LogP contribution in [0.1, 0.15) is 17.3 Å². The summed E-state index contributed by atoms with van der Waals surface area (Å²) in [5.74, 6) is -0.475. The molecule has 6 heteroatoms. The fourth-order valence-electron chi connectivity index (χ4n) is 1.71. The average molecular weight is 345 g/mol. The van der Waals surface area contributed by atoms with Crippen molar-refractivity contribution in [3.63, 3.8) is 0 Å². The van der Waals surface area contributed by atoms with Gasteiger partial charge in [-0.2, -0.15) is 0 Å². The van der Waals surface area contributed by atoms with Crippen LogP contribution in [-0.2, 0) is 4.79 Å². The molecular weight excluding hydrogens is 328 g/mol. The quantitative estimate of drug-likeness (QED) is 0.822. The lowest BCUT2D eigenvalue weighted by molar-refractivity contribution is -0.124. The maximum absolute atomic E-state index is 12.3. The predicted octanol–water partition coefficient (Wildman–Crippen LogP) is 2.19. The minimum absolute atomic E-state index is 0.0818. The van der Waals surface area contributed by atoms with E-state index >= 15 is 0 Å². The van der Waals surface area contributed by atoms with Crippen molar-refractivity contribution in [3.05, 3.63) is 28.2 Å². The molecule has 1 N–H and O–H groups in total. The monoisotopic (exact) mass is 344 g/mol. The highest BCUT2D eigenvalue weighted by molar-refractivity contribution is 9.10. The number of amides is 2. The Balaban J connectivity index is 2.82. The molecule has 0 saturated heterocycles. The molecular formula is C13H17BrN2O2S. The summed E-state index contributed by atoms with van der Waals surface area (Å²) in [6.45, 7) is 2.15. The number of thiol groups is 1. The van der Waals surface area contributed by atoms with E-state index in [-0.39, 0.29) is 17.7 Å². The highest BCUT2D eigenvalue weighted by Crippen LogP contribution is 2.21. The number of halogens is 1. The van der Waals surface area contributed by atoms with Gasteiger partial charge in [-0.1, -0.05) is 6.92 Å². The van der Waals surface area contributed by atoms with Gasteiger partial charge in [0.05, 0.1) is 11.5 Å². The zero-order valence-electron chi connectivity index (χ0n) is 11.1. The third kappa shape index (κ3) is 4.24. The van der Waals surface area contributed by atoms with Gasteiger partial charge < -0.3 is 10.2 Å². The molecule has 2 amide bonds. The maximum atomic E-state index is 12.3. The van der Waals surface area contributed by atoms with E-state index in [1.807, 2.05) is 0 Å². The summed E-state index contributed by atoms with van der Waals surface area (Å²) in [6, 6.07) is 5.29. The molecule has 1 rings (SSSR count). The van der Waals surface area contributed by atoms with Crippen molar-refractivity contribution < 1.29 is 9.59 Å². The summed E-state index contributed by atoms with van der Waals surface area (Å²) >= 11 is 7.57. The van der Waals surface area contributed by atoms with Gasteiger partial charge in [-0.15, -0.1) is 12.6 Å². The van der Waals surface area contributed by atoms with Crippen LogP contribution in [0.25, 0.3) is 0 Å². The molecule has 0 aliphatic carbocycles. The SMILES string of the molecule is CNC(=O)C(C)CN(C)C(=O)c1cc(S)ccc1Br. The van der Waals surface area contributed by atoms with Gasteiger partial charge in [0.15, 0.2) is 0 Å². The average Bonchev–Trinajstić information content (AvgIpc) is 2.39. The van der Waals surface area contributed by atoms with Gasteiger partial charge in [-0.3, -0.25) is 9.59 Å². The second-order valence-corrected chi connectivity index (χ2v) is 5.74. The first kappa shape index (κ1) is 16.0. The van der Waals surface area contributed by atoms with Crippen molar-refractivity contribution in [2.24, 2.45) is 5.92 Å². The Kier molecular flexibility index (Phi) is 5.87. The number of carbonyl (C=O) groups is 2. The number of carbonyl (C=O) groups excluding carboxylic acids is 2. The Morgan fingerprint density at radius 3 is 2.68 bits per heavy atom. The summed E-state index contributed by atoms with van der Waals surface area (Å²) in [6.07, 6.45) is 0. The van der Waals surface area contributed by atoms with Crippen molar-refractivity contribution >= 4 is 40.4 Å². The van der Waals surface area contributed by atoms with Gasteiger partial charge in [0.2, 0.25) is 5.91 Å². The lowest BCUT2D eigenvalue weighted by Gasteiger charge is -2.21. The largest absolute Gasteiger partial charge is 0.359 e. The molecule has 0 fully saturated rings. The molecule has 104 valence electrons. The van der Waals surface area contributed by atoms with Crippen LogP contribution in [0.3, 0.4) is 0 Å². The normalized spacial score (nSPS) is 11.8. The van der Waals surface area contributed by atoms with Crippen LogP contribution in [-0.4, -0.2) is 37.4 Å². The first-order valence-corrected chi connectivity index (χ1v) is 7.06. The van der Waals surface area contributed by atoms with E-state index in [0.29, 0.717) is 12.1 Å². The first-order valence-electron chi connectivity index (χ1n) is 5.82. The Hall–Kier alpha value is -1.01. The number of benzene rings is 1. The molecule has 0 aromatic heterocycles. The van der Waals surface area contributed by atoms with Gasteiger partial charge >= 0.3 is 0 Å². The molecule has 1 aromatic carbocycles. The van der Waals surface area contributed by atoms with Crippen LogP contribution in [0.5, 0.6) is 0 Å². The summed E-state index contributed by atoms with van der Waals surface area (Å²) in [7, 11) is 3.26. The molecule has 1 unspecified atom stereocenters. The van der Waals surface area contributed by atoms with Crippen LogP contribution in [0.15, 0.2) is 27.6 Å². The van der Waals surface area contributed by atoms with Crippen LogP contribution >= 0.6 is 28.6 Å². The van der Waals surface area contributed by atoms with Crippen molar-refractivity contribution in [1.82, 2.24) is 10.2 Å². The third-order valence-corrected chi connectivity index (χ3v) is 3.74. The van der Waals surface area contributed by atoms with E-state index in [1.165, 1.54) is 4.90 Å². The zero-order valence-corrected chi connectivity index (χ0v) is 13.6. The fraction of sp³-hybridized carbons (Fsp3) is 0.385. The topological polar surface area (TPSA) is 49.4 Å². The van der Waals surface area contributed by atoms with Crippen molar-refractivity contribution in [1.29, 1.82) is 0 Å². The minimum atomic E-state index is -0.253. The minimum Gasteiger partial charge on any atom is -0.359 e. The molecule has 19 heavy (non-hydrogen) atoms. The summed E-state index contributed by atoms with van der Waals surface area (Å²) in [4.78, 5) is 26.0. The Bertz CT molecular complexity index is 494. The van der Waals surface area contributed by atoms with E-state index < -0.39 is 0 Å². The zero-order chi connectivity index (χ0) is 14.6. The number of nitrogens with one attached hydrogen (secondary N) is 1. The first-order chi connectivity index (χ1) is 8.86. The second-order valence-electron chi connectivity index (χ2n) is 4.37. The van der Waals surface area contributed by atoms with Gasteiger partial charge in [0.25, 0.3) is 5.91 Å². The Morgan fingerprint density at radius 1 is 1.47 bits per heavy atom. The lowest BCUT2D eigenvalue weighted by atomic mass is 10.1. The Morgan fingerprint density at radius 2 is 2.11 bits per heavy atom. The highest BCUT2D eigenvalue weighted by atomic mass is 79.9. The fourth-order valence-corrected chi connectivity index (χ4v) is 2.33. The smallest absolute Gasteiger partial charge is 0.254 e. The number of rotatable bonds is 4. The molecule has 0 spiro atoms. The van der Waals surface area contributed by atoms with Crippen LogP contribution in [0, 0.1) is 5.92 Å². The van der Waals surface area contributed by atoms with Gasteiger partial charge in [0.1, 0.15) is 0 Å². The number of hydrogen-bond donors (Lipinski definition) is 2. The standard InChI is InChI=1S/C13H17BrN2O2S/c1-8(12(17)15-2)7-16(3)13(18)10-6-9(19)4-5-11(10)14/h4-6,8,19H,7H2,1-3H3,(H,15,17). The van der Waals surface area contributed by atoms with Gasteiger partial charge in [-0.25, -0.2) is 0 Å². The van der Waals surface area contributed by atoms with E-state index in [2.05, 4.69) is 33.9 Å². The molecule has 0 aliphatic rings. The van der Waals surface area contributed by atoms with E-state index in [0.717, 1.165) is 9.37 Å². The molecule has 0 radical (unpaired) electrons.